The number of imidazole rings is 2. The molecule has 0 N–H and O–H groups in total. The minimum atomic E-state index is -0.258. The van der Waals surface area contributed by atoms with Crippen molar-refractivity contribution in [1.82, 2.24) is 19.9 Å². The molecule has 7 heteroatoms. The minimum absolute atomic E-state index is 0. The van der Waals surface area contributed by atoms with Gasteiger partial charge in [-0.15, -0.1) is 24.8 Å². The first-order chi connectivity index (χ1) is 12.4. The normalized spacial score (nSPS) is 8.30. The van der Waals surface area contributed by atoms with Gasteiger partial charge in [0, 0.05) is 0 Å². The third-order valence-corrected chi connectivity index (χ3v) is 6.85. The number of hydrogen-bond donors (Lipinski definition) is 0. The Morgan fingerprint density at radius 2 is 1.04 bits per heavy atom. The van der Waals surface area contributed by atoms with Gasteiger partial charge in [0.2, 0.25) is 0 Å². The van der Waals surface area contributed by atoms with Gasteiger partial charge in [-0.1, -0.05) is 37.4 Å². The zero-order valence-electron chi connectivity index (χ0n) is 14.8. The van der Waals surface area contributed by atoms with Gasteiger partial charge in [-0.3, -0.25) is 0 Å². The summed E-state index contributed by atoms with van der Waals surface area (Å²) < 4.78 is 2.69. The van der Waals surface area contributed by atoms with Crippen LogP contribution in [0, 0.1) is 0 Å². The predicted molar refractivity (Wildman–Crippen MR) is 116 cm³/mol. The average Bonchev–Trinajstić information content (AvgIpc) is 3.42. The molecule has 0 saturated carbocycles. The van der Waals surface area contributed by atoms with Gasteiger partial charge >= 0.3 is 102 Å². The second kappa shape index (κ2) is 17.6. The van der Waals surface area contributed by atoms with Crippen molar-refractivity contribution >= 4 is 46.0 Å². The van der Waals surface area contributed by atoms with Crippen LogP contribution >= 0.6 is 24.8 Å². The summed E-state index contributed by atoms with van der Waals surface area (Å²) >= 11 is -0.258. The molecule has 4 aromatic rings. The first kappa shape index (κ1) is 25.2. The number of nitrogens with zero attached hydrogens (tertiary/aromatic N) is 4. The molecule has 2 aromatic carbocycles. The Labute approximate surface area is 183 Å². The summed E-state index contributed by atoms with van der Waals surface area (Å²) in [6.45, 7) is 0. The predicted octanol–water partition coefficient (Wildman–Crippen LogP) is 4.01. The van der Waals surface area contributed by atoms with E-state index in [0.29, 0.717) is 0 Å². The van der Waals surface area contributed by atoms with E-state index in [9.17, 15) is 0 Å². The second-order valence-electron chi connectivity index (χ2n) is 5.00. The molecule has 0 spiro atoms. The number of benzene rings is 2. The van der Waals surface area contributed by atoms with E-state index in [0.717, 1.165) is 0 Å². The van der Waals surface area contributed by atoms with E-state index < -0.39 is 0 Å². The van der Waals surface area contributed by atoms with Crippen LogP contribution in [0.4, 0.5) is 0 Å². The Balaban J connectivity index is 0.000000465. The van der Waals surface area contributed by atoms with Crippen molar-refractivity contribution in [3.8, 4) is 0 Å². The molecule has 140 valence electrons. The van der Waals surface area contributed by atoms with E-state index in [1.165, 1.54) is 32.7 Å². The fourth-order valence-electron chi connectivity index (χ4n) is 1.93. The van der Waals surface area contributed by atoms with Gasteiger partial charge < -0.3 is 19.9 Å². The molecule has 4 rings (SSSR count). The Morgan fingerprint density at radius 1 is 0.630 bits per heavy atom. The van der Waals surface area contributed by atoms with Crippen molar-refractivity contribution in [2.45, 2.75) is 8.87 Å². The summed E-state index contributed by atoms with van der Waals surface area (Å²) in [5, 5.41) is 0. The van der Waals surface area contributed by atoms with Crippen LogP contribution in [0.3, 0.4) is 0 Å². The van der Waals surface area contributed by atoms with Crippen molar-refractivity contribution in [1.29, 1.82) is 0 Å². The Kier molecular flexibility index (Phi) is 16.5. The molecule has 0 unspecified atom stereocenters. The van der Waals surface area contributed by atoms with Crippen LogP contribution in [-0.4, -0.2) is 31.1 Å². The topological polar surface area (TPSA) is 54.0 Å². The van der Waals surface area contributed by atoms with Crippen molar-refractivity contribution < 1.29 is 0 Å². The van der Waals surface area contributed by atoms with Gasteiger partial charge in [0.15, 0.2) is 0 Å². The first-order valence-electron chi connectivity index (χ1n) is 7.97. The molecule has 0 aliphatic heterocycles. The molecule has 2 aromatic heterocycles. The summed E-state index contributed by atoms with van der Waals surface area (Å²) in [5.74, 6) is 0. The maximum atomic E-state index is 3.61. The van der Waals surface area contributed by atoms with E-state index in [-0.39, 0.29) is 46.0 Å². The van der Waals surface area contributed by atoms with Gasteiger partial charge in [-0.2, -0.15) is 0 Å². The molecule has 0 aliphatic rings. The molecule has 4 nitrogen and oxygen atoms in total. The van der Waals surface area contributed by atoms with Crippen LogP contribution in [0.5, 0.6) is 0 Å². The molecule has 0 bridgehead atoms. The number of rotatable bonds is 4. The van der Waals surface area contributed by atoms with E-state index >= 15 is 0 Å². The van der Waals surface area contributed by atoms with Crippen LogP contribution in [0.2, 0.25) is 0 Å². The second-order valence-corrected chi connectivity index (χ2v) is 8.44. The Bertz CT molecular complexity index is 636. The summed E-state index contributed by atoms with van der Waals surface area (Å²) in [4.78, 5) is 14.4. The zero-order chi connectivity index (χ0) is 17.4. The van der Waals surface area contributed by atoms with Gasteiger partial charge in [-0.05, 0) is 0 Å². The molecule has 0 atom stereocenters. The van der Waals surface area contributed by atoms with E-state index in [2.05, 4.69) is 80.6 Å². The van der Waals surface area contributed by atoms with Crippen molar-refractivity contribution in [3.63, 3.8) is 0 Å². The SMILES string of the molecule is Cl.Cl.c1c[n-]cn1.c1c[n-]cn1.c1ccc([CH2][Sn+2][CH2]c2ccccc2)cc1. The van der Waals surface area contributed by atoms with E-state index in [1.807, 2.05) is 0 Å². The summed E-state index contributed by atoms with van der Waals surface area (Å²) in [6, 6.07) is 21.7. The molecular formula is C20H22Cl2N4Sn. The van der Waals surface area contributed by atoms with Gasteiger partial charge in [0.1, 0.15) is 0 Å². The fourth-order valence-corrected chi connectivity index (χ4v) is 5.28. The molecule has 27 heavy (non-hydrogen) atoms. The Morgan fingerprint density at radius 3 is 1.30 bits per heavy atom. The molecule has 0 radical (unpaired) electrons. The monoisotopic (exact) mass is 508 g/mol. The van der Waals surface area contributed by atoms with Crippen LogP contribution in [-0.2, 0) is 8.87 Å². The quantitative estimate of drug-likeness (QED) is 0.392. The van der Waals surface area contributed by atoms with Crippen molar-refractivity contribution in [2.75, 3.05) is 0 Å². The summed E-state index contributed by atoms with van der Waals surface area (Å²) in [6.07, 6.45) is 9.56. The van der Waals surface area contributed by atoms with E-state index in [4.69, 9.17) is 0 Å². The number of aromatic nitrogens is 4. The average molecular weight is 508 g/mol. The summed E-state index contributed by atoms with van der Waals surface area (Å²) in [7, 11) is 0. The third kappa shape index (κ3) is 13.1. The first-order valence-corrected chi connectivity index (χ1v) is 12.0. The van der Waals surface area contributed by atoms with Crippen LogP contribution in [0.25, 0.3) is 0 Å². The molecule has 0 aliphatic carbocycles. The van der Waals surface area contributed by atoms with Gasteiger partial charge in [0.05, 0.1) is 0 Å². The fraction of sp³-hybridized carbons (Fsp3) is 0.100. The molecular weight excluding hydrogens is 486 g/mol. The molecule has 0 amide bonds. The van der Waals surface area contributed by atoms with Crippen molar-refractivity contribution in [2.24, 2.45) is 0 Å². The third-order valence-electron chi connectivity index (χ3n) is 3.09. The standard InChI is InChI=1S/2C7H7.2C3H3N2.2ClH.Sn/c2*1-7-5-3-2-4-6-7;2*1-2-5-3-4-1;;;/h2*2-6H,1H2;2*1-3H;2*1H;/q;;2*-1;;;+2. The van der Waals surface area contributed by atoms with Crippen LogP contribution < -0.4 is 9.97 Å². The van der Waals surface area contributed by atoms with Crippen LogP contribution in [0.1, 0.15) is 11.1 Å². The molecule has 2 heterocycles. The maximum absolute atomic E-state index is 3.61. The van der Waals surface area contributed by atoms with Gasteiger partial charge in [-0.25, -0.2) is 0 Å². The van der Waals surface area contributed by atoms with E-state index in [1.54, 1.807) is 24.8 Å². The van der Waals surface area contributed by atoms with Gasteiger partial charge in [0.25, 0.3) is 0 Å². The zero-order valence-corrected chi connectivity index (χ0v) is 19.2. The van der Waals surface area contributed by atoms with Crippen LogP contribution in [0.15, 0.2) is 98.1 Å². The number of hydrogen-bond acceptors (Lipinski definition) is 2. The Hall–Kier alpha value is -1.76. The van der Waals surface area contributed by atoms with Crippen molar-refractivity contribution in [3.05, 3.63) is 109 Å². The molecule has 0 fully saturated rings. The number of halogens is 2. The molecule has 0 saturated heterocycles. The summed E-state index contributed by atoms with van der Waals surface area (Å²) in [5.41, 5.74) is 3.03.